The zero-order chi connectivity index (χ0) is 17.6. The van der Waals surface area contributed by atoms with Crippen LogP contribution in [0, 0.1) is 6.92 Å². The van der Waals surface area contributed by atoms with Gasteiger partial charge in [-0.3, -0.25) is 0 Å². The Labute approximate surface area is 160 Å². The molecule has 5 heteroatoms. The summed E-state index contributed by atoms with van der Waals surface area (Å²) in [5, 5.41) is 1.37. The number of rotatable bonds is 1. The van der Waals surface area contributed by atoms with E-state index in [0.29, 0.717) is 0 Å². The minimum absolute atomic E-state index is 0.212. The van der Waals surface area contributed by atoms with Gasteiger partial charge in [0, 0.05) is 0 Å². The van der Waals surface area contributed by atoms with Crippen LogP contribution in [0.2, 0.25) is 0 Å². The van der Waals surface area contributed by atoms with Gasteiger partial charge in [-0.25, -0.2) is 0 Å². The van der Waals surface area contributed by atoms with Gasteiger partial charge >= 0.3 is 161 Å². The van der Waals surface area contributed by atoms with Gasteiger partial charge in [0.15, 0.2) is 0 Å². The number of amides is 1. The molecule has 4 nitrogen and oxygen atoms in total. The van der Waals surface area contributed by atoms with Crippen LogP contribution in [0.4, 0.5) is 4.79 Å². The first-order valence-electron chi connectivity index (χ1n) is 8.51. The summed E-state index contributed by atoms with van der Waals surface area (Å²) in [4.78, 5) is 14.2. The molecule has 0 saturated carbocycles. The van der Waals surface area contributed by atoms with E-state index in [1.807, 2.05) is 27.8 Å². The van der Waals surface area contributed by atoms with Crippen LogP contribution in [0.15, 0.2) is 18.2 Å². The summed E-state index contributed by atoms with van der Waals surface area (Å²) in [6.45, 7) is 7.88. The van der Waals surface area contributed by atoms with E-state index in [1.54, 1.807) is 4.90 Å². The van der Waals surface area contributed by atoms with Crippen molar-refractivity contribution in [3.63, 3.8) is 0 Å². The molecule has 1 aliphatic carbocycles. The molecule has 1 amide bonds. The first-order chi connectivity index (χ1) is 11.2. The molecule has 0 saturated heterocycles. The van der Waals surface area contributed by atoms with Gasteiger partial charge in [0.2, 0.25) is 0 Å². The Morgan fingerprint density at radius 2 is 2.08 bits per heavy atom. The Balaban J connectivity index is 1.89. The molecule has 0 N–H and O–H groups in total. The molecule has 1 aliphatic rings. The molecule has 1 aromatic heterocycles. The average molecular weight is 518 g/mol. The molecule has 2 aromatic rings. The van der Waals surface area contributed by atoms with Crippen LogP contribution in [-0.4, -0.2) is 58.1 Å². The molecule has 3 rings (SSSR count). The van der Waals surface area contributed by atoms with Crippen LogP contribution in [0.3, 0.4) is 0 Å². The Bertz CT molecular complexity index is 789. The van der Waals surface area contributed by atoms with E-state index in [2.05, 4.69) is 27.5 Å². The van der Waals surface area contributed by atoms with E-state index in [4.69, 9.17) is 4.74 Å². The van der Waals surface area contributed by atoms with Gasteiger partial charge in [-0.05, 0) is 0 Å². The molecule has 126 valence electrons. The number of carbonyl (C=O) groups excluding carboxylic acids is 1. The SMILES string of the molecule is Cc1ccc2c(c1)c1c([n]2[Tl])CCC(N(C)C(=O)OC(C)(C)C)C1. The second kappa shape index (κ2) is 6.35. The normalized spacial score (nSPS) is 17.6. The number of ether oxygens (including phenoxy) is 1. The quantitative estimate of drug-likeness (QED) is 0.542. The molecule has 24 heavy (non-hydrogen) atoms. The molecule has 0 aliphatic heterocycles. The Morgan fingerprint density at radius 1 is 1.38 bits per heavy atom. The van der Waals surface area contributed by atoms with Crippen LogP contribution < -0.4 is 0 Å². The molecule has 0 fully saturated rings. The van der Waals surface area contributed by atoms with Gasteiger partial charge in [-0.15, -0.1) is 0 Å². The zero-order valence-corrected chi connectivity index (χ0v) is 19.7. The Morgan fingerprint density at radius 3 is 2.75 bits per heavy atom. The van der Waals surface area contributed by atoms with E-state index in [9.17, 15) is 4.79 Å². The summed E-state index contributed by atoms with van der Waals surface area (Å²) in [6.07, 6.45) is 2.75. The third kappa shape index (κ3) is 3.34. The van der Waals surface area contributed by atoms with Crippen LogP contribution in [0.5, 0.6) is 0 Å². The molecular formula is C19H25N2O2Tl. The summed E-state index contributed by atoms with van der Waals surface area (Å²) in [5.74, 6) is 0. The minimum atomic E-state index is -0.450. The zero-order valence-electron chi connectivity index (χ0n) is 15.2. The summed E-state index contributed by atoms with van der Waals surface area (Å²) in [6, 6.07) is 6.94. The average Bonchev–Trinajstić information content (AvgIpc) is 2.77. The van der Waals surface area contributed by atoms with Crippen molar-refractivity contribution in [2.45, 2.75) is 58.6 Å². The fraction of sp³-hybridized carbons (Fsp3) is 0.526. The number of aromatic nitrogens is 1. The van der Waals surface area contributed by atoms with Gasteiger partial charge in [0.05, 0.1) is 0 Å². The van der Waals surface area contributed by atoms with Crippen molar-refractivity contribution < 1.29 is 9.53 Å². The Hall–Kier alpha value is -1.05. The number of fused-ring (bicyclic) bond motifs is 3. The maximum atomic E-state index is 12.4. The number of carbonyl (C=O) groups is 1. The van der Waals surface area contributed by atoms with E-state index < -0.39 is 5.60 Å². The van der Waals surface area contributed by atoms with Crippen molar-refractivity contribution in [2.75, 3.05) is 7.05 Å². The van der Waals surface area contributed by atoms with Crippen LogP contribution in [0.25, 0.3) is 10.9 Å². The monoisotopic (exact) mass is 518 g/mol. The molecule has 1 heterocycles. The van der Waals surface area contributed by atoms with Crippen molar-refractivity contribution in [3.8, 4) is 0 Å². The fourth-order valence-corrected chi connectivity index (χ4v) is 5.48. The summed E-state index contributed by atoms with van der Waals surface area (Å²) >= 11 is 0.768. The Kier molecular flexibility index (Phi) is 4.70. The maximum absolute atomic E-state index is 12.4. The molecule has 1 unspecified atom stereocenters. The molecule has 0 bridgehead atoms. The summed E-state index contributed by atoms with van der Waals surface area (Å²) < 4.78 is 8.02. The predicted octanol–water partition coefficient (Wildman–Crippen LogP) is 3.61. The van der Waals surface area contributed by atoms with E-state index in [-0.39, 0.29) is 12.1 Å². The van der Waals surface area contributed by atoms with E-state index in [1.165, 1.54) is 27.7 Å². The molecule has 1 aromatic carbocycles. The number of hydrogen-bond acceptors (Lipinski definition) is 2. The third-order valence-electron chi connectivity index (χ3n) is 4.76. The van der Waals surface area contributed by atoms with Crippen LogP contribution in [-0.2, 0) is 17.6 Å². The topological polar surface area (TPSA) is 34.5 Å². The predicted molar refractivity (Wildman–Crippen MR) is 97.6 cm³/mol. The van der Waals surface area contributed by atoms with Crippen LogP contribution in [0.1, 0.15) is 44.0 Å². The van der Waals surface area contributed by atoms with Gasteiger partial charge in [0.25, 0.3) is 0 Å². The third-order valence-corrected chi connectivity index (χ3v) is 7.05. The number of hydrogen-bond donors (Lipinski definition) is 0. The van der Waals surface area contributed by atoms with Gasteiger partial charge in [0.1, 0.15) is 0 Å². The number of likely N-dealkylation sites (N-methyl/N-ethyl adjacent to an activating group) is 1. The second-order valence-corrected chi connectivity index (χ2v) is 9.81. The number of benzene rings is 1. The van der Waals surface area contributed by atoms with E-state index >= 15 is 0 Å². The first-order valence-corrected chi connectivity index (χ1v) is 10.5. The first kappa shape index (κ1) is 17.8. The summed E-state index contributed by atoms with van der Waals surface area (Å²) in [5.41, 5.74) is 5.12. The molecule has 1 atom stereocenters. The van der Waals surface area contributed by atoms with Crippen molar-refractivity contribution in [1.82, 2.24) is 7.28 Å². The fourth-order valence-electron chi connectivity index (χ4n) is 3.50. The standard InChI is InChI=1S/C19H25N2O2.Tl/c1-12-6-8-16-14(10-12)15-11-13(7-9-17(15)20-16)21(5)18(22)23-19(2,3)4;/h6,8,10,13H,7,9,11H2,1-5H3;/q-1;+1. The van der Waals surface area contributed by atoms with Gasteiger partial charge in [-0.1, -0.05) is 0 Å². The number of aryl methyl sites for hydroxylation is 1. The van der Waals surface area contributed by atoms with Crippen molar-refractivity contribution >= 4 is 43.1 Å². The second-order valence-electron chi connectivity index (χ2n) is 7.80. The summed E-state index contributed by atoms with van der Waals surface area (Å²) in [7, 11) is 1.87. The van der Waals surface area contributed by atoms with Gasteiger partial charge in [-0.2, -0.15) is 0 Å². The van der Waals surface area contributed by atoms with Crippen molar-refractivity contribution in [2.24, 2.45) is 0 Å². The molecule has 0 radical (unpaired) electrons. The van der Waals surface area contributed by atoms with Crippen molar-refractivity contribution in [3.05, 3.63) is 35.0 Å². The molecular weight excluding hydrogens is 493 g/mol. The van der Waals surface area contributed by atoms with Crippen molar-refractivity contribution in [1.29, 1.82) is 0 Å². The number of nitrogens with zero attached hydrogens (tertiary/aromatic N) is 2. The van der Waals surface area contributed by atoms with Gasteiger partial charge < -0.3 is 0 Å². The van der Waals surface area contributed by atoms with E-state index in [0.717, 1.165) is 45.3 Å². The van der Waals surface area contributed by atoms with Crippen LogP contribution >= 0.6 is 0 Å². The molecule has 0 spiro atoms.